The summed E-state index contributed by atoms with van der Waals surface area (Å²) in [5, 5.41) is 5.24. The molecule has 0 aliphatic rings. The standard InChI is InChI=1S/C12H12ClNS/c13-12-6-2-1-4-10(12)8-14-9-11-5-3-7-15-11/h1-7,14H,8-9H2/p+1. The molecule has 2 N–H and O–H groups in total. The minimum atomic E-state index is 0.861. The topological polar surface area (TPSA) is 16.6 Å². The SMILES string of the molecule is Clc1ccccc1C[NH2+]Cc1cccs1. The molecule has 78 valence electrons. The molecule has 0 atom stereocenters. The highest BCUT2D eigenvalue weighted by atomic mass is 35.5. The molecular weight excluding hydrogens is 226 g/mol. The molecule has 1 heterocycles. The van der Waals surface area contributed by atoms with Crippen molar-refractivity contribution < 1.29 is 5.32 Å². The first-order valence-corrected chi connectivity index (χ1v) is 6.19. The lowest BCUT2D eigenvalue weighted by Gasteiger charge is -2.02. The molecule has 0 amide bonds. The smallest absolute Gasteiger partial charge is 0.111 e. The second-order valence-corrected chi connectivity index (χ2v) is 4.81. The van der Waals surface area contributed by atoms with Crippen LogP contribution in [0.3, 0.4) is 0 Å². The van der Waals surface area contributed by atoms with Crippen molar-refractivity contribution in [3.63, 3.8) is 0 Å². The molecule has 0 saturated carbocycles. The fraction of sp³-hybridized carbons (Fsp3) is 0.167. The van der Waals surface area contributed by atoms with Crippen LogP contribution in [-0.4, -0.2) is 0 Å². The Morgan fingerprint density at radius 3 is 2.67 bits per heavy atom. The van der Waals surface area contributed by atoms with Crippen LogP contribution in [0.5, 0.6) is 0 Å². The van der Waals surface area contributed by atoms with Crippen molar-refractivity contribution in [1.82, 2.24) is 0 Å². The van der Waals surface area contributed by atoms with E-state index < -0.39 is 0 Å². The maximum atomic E-state index is 6.07. The van der Waals surface area contributed by atoms with Crippen LogP contribution < -0.4 is 5.32 Å². The molecule has 2 rings (SSSR count). The van der Waals surface area contributed by atoms with Gasteiger partial charge in [-0.15, -0.1) is 11.3 Å². The third-order valence-corrected chi connectivity index (χ3v) is 3.52. The molecule has 3 heteroatoms. The Kier molecular flexibility index (Phi) is 3.78. The second-order valence-electron chi connectivity index (χ2n) is 3.37. The summed E-state index contributed by atoms with van der Waals surface area (Å²) in [6.45, 7) is 1.97. The molecule has 0 radical (unpaired) electrons. The molecule has 1 aromatic carbocycles. The Labute approximate surface area is 98.7 Å². The summed E-state index contributed by atoms with van der Waals surface area (Å²) in [5.74, 6) is 0. The number of nitrogens with two attached hydrogens (primary N) is 1. The Balaban J connectivity index is 1.86. The van der Waals surface area contributed by atoms with Gasteiger partial charge < -0.3 is 5.32 Å². The minimum Gasteiger partial charge on any atom is -0.338 e. The number of thiophene rings is 1. The van der Waals surface area contributed by atoms with E-state index in [-0.39, 0.29) is 0 Å². The summed E-state index contributed by atoms with van der Waals surface area (Å²) >= 11 is 7.87. The van der Waals surface area contributed by atoms with Crippen LogP contribution >= 0.6 is 22.9 Å². The fourth-order valence-corrected chi connectivity index (χ4v) is 2.38. The molecule has 2 aromatic rings. The van der Waals surface area contributed by atoms with Crippen LogP contribution in [0.2, 0.25) is 5.02 Å². The van der Waals surface area contributed by atoms with Crippen molar-refractivity contribution in [2.45, 2.75) is 13.1 Å². The maximum absolute atomic E-state index is 6.07. The highest BCUT2D eigenvalue weighted by Gasteiger charge is 2.01. The van der Waals surface area contributed by atoms with Crippen LogP contribution in [0.25, 0.3) is 0 Å². The van der Waals surface area contributed by atoms with Crippen molar-refractivity contribution in [2.24, 2.45) is 0 Å². The van der Waals surface area contributed by atoms with Crippen LogP contribution in [0.15, 0.2) is 41.8 Å². The van der Waals surface area contributed by atoms with Gasteiger partial charge in [0.2, 0.25) is 0 Å². The van der Waals surface area contributed by atoms with E-state index in [1.54, 1.807) is 11.3 Å². The van der Waals surface area contributed by atoms with Gasteiger partial charge in [-0.3, -0.25) is 0 Å². The van der Waals surface area contributed by atoms with Crippen LogP contribution in [-0.2, 0) is 13.1 Å². The van der Waals surface area contributed by atoms with Crippen LogP contribution in [0, 0.1) is 0 Å². The van der Waals surface area contributed by atoms with Gasteiger partial charge in [-0.1, -0.05) is 35.9 Å². The molecule has 0 saturated heterocycles. The fourth-order valence-electron chi connectivity index (χ4n) is 1.46. The summed E-state index contributed by atoms with van der Waals surface area (Å²) in [7, 11) is 0. The molecule has 0 fully saturated rings. The summed E-state index contributed by atoms with van der Waals surface area (Å²) in [6.07, 6.45) is 0. The lowest BCUT2D eigenvalue weighted by molar-refractivity contribution is -0.685. The number of hydrogen-bond acceptors (Lipinski definition) is 1. The zero-order valence-electron chi connectivity index (χ0n) is 8.32. The van der Waals surface area contributed by atoms with E-state index in [1.807, 2.05) is 18.2 Å². The lowest BCUT2D eigenvalue weighted by atomic mass is 10.2. The first-order chi connectivity index (χ1) is 7.36. The van der Waals surface area contributed by atoms with Gasteiger partial charge in [0.1, 0.15) is 13.1 Å². The Hall–Kier alpha value is -0.830. The Morgan fingerprint density at radius 1 is 1.07 bits per heavy atom. The molecule has 15 heavy (non-hydrogen) atoms. The van der Waals surface area contributed by atoms with Crippen molar-refractivity contribution in [1.29, 1.82) is 0 Å². The molecule has 0 unspecified atom stereocenters. The van der Waals surface area contributed by atoms with Gasteiger partial charge in [-0.05, 0) is 17.5 Å². The van der Waals surface area contributed by atoms with Gasteiger partial charge in [-0.2, -0.15) is 0 Å². The molecule has 0 bridgehead atoms. The highest BCUT2D eigenvalue weighted by Crippen LogP contribution is 2.13. The van der Waals surface area contributed by atoms with Crippen molar-refractivity contribution in [2.75, 3.05) is 0 Å². The van der Waals surface area contributed by atoms with E-state index in [0.717, 1.165) is 18.1 Å². The summed E-state index contributed by atoms with van der Waals surface area (Å²) in [6, 6.07) is 12.3. The van der Waals surface area contributed by atoms with E-state index in [0.29, 0.717) is 0 Å². The van der Waals surface area contributed by atoms with Gasteiger partial charge in [-0.25, -0.2) is 0 Å². The summed E-state index contributed by atoms with van der Waals surface area (Å²) in [5.41, 5.74) is 1.20. The quantitative estimate of drug-likeness (QED) is 0.844. The normalized spacial score (nSPS) is 10.5. The maximum Gasteiger partial charge on any atom is 0.111 e. The third-order valence-electron chi connectivity index (χ3n) is 2.25. The van der Waals surface area contributed by atoms with Gasteiger partial charge in [0, 0.05) is 10.6 Å². The van der Waals surface area contributed by atoms with E-state index >= 15 is 0 Å². The zero-order chi connectivity index (χ0) is 10.5. The van der Waals surface area contributed by atoms with Crippen LogP contribution in [0.1, 0.15) is 10.4 Å². The molecule has 1 nitrogen and oxygen atoms in total. The van der Waals surface area contributed by atoms with Gasteiger partial charge in [0.25, 0.3) is 0 Å². The van der Waals surface area contributed by atoms with Gasteiger partial charge >= 0.3 is 0 Å². The summed E-state index contributed by atoms with van der Waals surface area (Å²) < 4.78 is 0. The van der Waals surface area contributed by atoms with Crippen molar-refractivity contribution in [3.8, 4) is 0 Å². The van der Waals surface area contributed by atoms with E-state index in [4.69, 9.17) is 11.6 Å². The van der Waals surface area contributed by atoms with Crippen molar-refractivity contribution in [3.05, 3.63) is 57.2 Å². The number of hydrogen-bond donors (Lipinski definition) is 1. The summed E-state index contributed by atoms with van der Waals surface area (Å²) in [4.78, 5) is 1.40. The zero-order valence-corrected chi connectivity index (χ0v) is 9.89. The third kappa shape index (κ3) is 3.06. The number of rotatable bonds is 4. The monoisotopic (exact) mass is 238 g/mol. The average Bonchev–Trinajstić information content (AvgIpc) is 2.74. The van der Waals surface area contributed by atoms with Crippen molar-refractivity contribution >= 4 is 22.9 Å². The molecular formula is C12H13ClNS+. The minimum absolute atomic E-state index is 0.861. The Morgan fingerprint density at radius 2 is 1.93 bits per heavy atom. The van der Waals surface area contributed by atoms with Gasteiger partial charge in [0.15, 0.2) is 0 Å². The highest BCUT2D eigenvalue weighted by molar-refractivity contribution is 7.09. The molecule has 0 aliphatic carbocycles. The van der Waals surface area contributed by atoms with Gasteiger partial charge in [0.05, 0.1) is 4.88 Å². The predicted octanol–water partition coefficient (Wildman–Crippen LogP) is 2.67. The largest absolute Gasteiger partial charge is 0.338 e. The Bertz CT molecular complexity index is 411. The lowest BCUT2D eigenvalue weighted by Crippen LogP contribution is -2.80. The molecule has 0 spiro atoms. The molecule has 1 aromatic heterocycles. The predicted molar refractivity (Wildman–Crippen MR) is 65.1 cm³/mol. The van der Waals surface area contributed by atoms with E-state index in [9.17, 15) is 0 Å². The first-order valence-electron chi connectivity index (χ1n) is 4.94. The first kappa shape index (κ1) is 10.7. The molecule has 0 aliphatic heterocycles. The number of benzene rings is 1. The van der Waals surface area contributed by atoms with E-state index in [1.165, 1.54) is 10.4 Å². The average molecular weight is 239 g/mol. The number of quaternary nitrogens is 1. The second kappa shape index (κ2) is 5.31. The van der Waals surface area contributed by atoms with Crippen LogP contribution in [0.4, 0.5) is 0 Å². The van der Waals surface area contributed by atoms with E-state index in [2.05, 4.69) is 28.9 Å². The number of halogens is 1.